The van der Waals surface area contributed by atoms with Crippen LogP contribution in [0, 0.1) is 5.41 Å². The Balaban J connectivity index is 1.60. The minimum Gasteiger partial charge on any atom is -0.494 e. The van der Waals surface area contributed by atoms with Gasteiger partial charge < -0.3 is 45.3 Å². The summed E-state index contributed by atoms with van der Waals surface area (Å²) in [5.74, 6) is 1.40. The lowest BCUT2D eigenvalue weighted by molar-refractivity contribution is 0.00432. The number of carbonyl (C=O) groups is 1. The van der Waals surface area contributed by atoms with Gasteiger partial charge in [0.2, 0.25) is 11.9 Å². The minimum atomic E-state index is -0.903. The topological polar surface area (TPSA) is 163 Å². The Morgan fingerprint density at radius 1 is 1.00 bits per heavy atom. The second-order valence-electron chi connectivity index (χ2n) is 12.7. The highest BCUT2D eigenvalue weighted by molar-refractivity contribution is 5.97. The van der Waals surface area contributed by atoms with E-state index in [9.17, 15) is 15.0 Å². The van der Waals surface area contributed by atoms with Crippen molar-refractivity contribution in [3.05, 3.63) is 53.6 Å². The van der Waals surface area contributed by atoms with Crippen LogP contribution in [-0.2, 0) is 6.54 Å². The molecule has 13 heteroatoms. The summed E-state index contributed by atoms with van der Waals surface area (Å²) in [5, 5.41) is 30.5. The maximum absolute atomic E-state index is 13.4. The van der Waals surface area contributed by atoms with Crippen molar-refractivity contribution in [1.29, 1.82) is 0 Å². The monoisotopic (exact) mass is 651 g/mol. The Hall–Kier alpha value is -4.20. The minimum absolute atomic E-state index is 0.144. The van der Waals surface area contributed by atoms with E-state index in [2.05, 4.69) is 49.6 Å². The number of ether oxygens (including phenoxy) is 3. The molecule has 3 heterocycles. The summed E-state index contributed by atoms with van der Waals surface area (Å²) >= 11 is 0. The highest BCUT2D eigenvalue weighted by Gasteiger charge is 2.22. The van der Waals surface area contributed by atoms with Crippen molar-refractivity contribution in [1.82, 2.24) is 25.2 Å². The van der Waals surface area contributed by atoms with Crippen LogP contribution in [0.4, 0.5) is 17.6 Å². The van der Waals surface area contributed by atoms with Gasteiger partial charge in [0.25, 0.3) is 5.91 Å². The summed E-state index contributed by atoms with van der Waals surface area (Å²) in [6.07, 6.45) is 0.0179. The number of aliphatic hydroxyl groups is 2. The maximum Gasteiger partial charge on any atom is 0.323 e. The molecule has 13 nitrogen and oxygen atoms in total. The maximum atomic E-state index is 13.4. The summed E-state index contributed by atoms with van der Waals surface area (Å²) in [6.45, 7) is 8.80. The van der Waals surface area contributed by atoms with Gasteiger partial charge in [-0.25, -0.2) is 0 Å². The highest BCUT2D eigenvalue weighted by Crippen LogP contribution is 2.27. The van der Waals surface area contributed by atoms with Crippen LogP contribution in [0.2, 0.25) is 0 Å². The van der Waals surface area contributed by atoms with E-state index in [0.29, 0.717) is 74.9 Å². The van der Waals surface area contributed by atoms with Crippen LogP contribution < -0.4 is 30.2 Å². The first-order valence-corrected chi connectivity index (χ1v) is 16.2. The number of aromatic nitrogens is 3. The zero-order valence-corrected chi connectivity index (χ0v) is 28.1. The zero-order chi connectivity index (χ0) is 33.8. The SMILES string of the molecule is CCOc1nc2nc(n1)Nc1ccc(C(=O)NCC(C)(C)CN(C)C)c(c1)OCCCC(O)C(O)CCCOc1ccc(cc1)CN2. The average Bonchev–Trinajstić information content (AvgIpc) is 3.02. The first-order chi connectivity index (χ1) is 22.5. The Morgan fingerprint density at radius 2 is 1.68 bits per heavy atom. The van der Waals surface area contributed by atoms with Crippen LogP contribution >= 0.6 is 0 Å². The average molecular weight is 652 g/mol. The highest BCUT2D eigenvalue weighted by atomic mass is 16.5. The van der Waals surface area contributed by atoms with E-state index in [1.807, 2.05) is 45.3 Å². The lowest BCUT2D eigenvalue weighted by Gasteiger charge is -2.28. The number of amides is 1. The van der Waals surface area contributed by atoms with Crippen LogP contribution in [0.5, 0.6) is 17.5 Å². The Morgan fingerprint density at radius 3 is 2.36 bits per heavy atom. The number of benzene rings is 2. The van der Waals surface area contributed by atoms with Crippen LogP contribution in [-0.4, -0.2) is 95.2 Å². The van der Waals surface area contributed by atoms with E-state index in [0.717, 1.165) is 17.9 Å². The molecular formula is C34H49N7O6. The van der Waals surface area contributed by atoms with E-state index in [4.69, 9.17) is 14.2 Å². The molecule has 2 aliphatic heterocycles. The molecule has 2 unspecified atom stereocenters. The molecule has 256 valence electrons. The Kier molecular flexibility index (Phi) is 13.0. The normalized spacial score (nSPS) is 17.9. The number of anilines is 3. The smallest absolute Gasteiger partial charge is 0.323 e. The molecule has 6 bridgehead atoms. The Bertz CT molecular complexity index is 1440. The quantitative estimate of drug-likeness (QED) is 0.250. The lowest BCUT2D eigenvalue weighted by atomic mass is 9.93. The number of aliphatic hydroxyl groups excluding tert-OH is 2. The number of nitrogens with zero attached hydrogens (tertiary/aromatic N) is 4. The van der Waals surface area contributed by atoms with Crippen LogP contribution in [0.1, 0.15) is 62.4 Å². The number of carbonyl (C=O) groups excluding carboxylic acids is 1. The first kappa shape index (κ1) is 35.7. The second kappa shape index (κ2) is 17.1. The molecule has 47 heavy (non-hydrogen) atoms. The fourth-order valence-corrected chi connectivity index (χ4v) is 5.27. The van der Waals surface area contributed by atoms with E-state index in [1.165, 1.54) is 0 Å². The molecule has 0 radical (unpaired) electrons. The van der Waals surface area contributed by atoms with Gasteiger partial charge >= 0.3 is 6.01 Å². The van der Waals surface area contributed by atoms with E-state index >= 15 is 0 Å². The summed E-state index contributed by atoms with van der Waals surface area (Å²) < 4.78 is 17.6. The molecule has 0 fully saturated rings. The van der Waals surface area contributed by atoms with Gasteiger partial charge in [0.15, 0.2) is 0 Å². The molecule has 0 spiro atoms. The molecule has 5 rings (SSSR count). The van der Waals surface area contributed by atoms with Gasteiger partial charge in [0.05, 0.1) is 37.6 Å². The number of hydrogen-bond acceptors (Lipinski definition) is 12. The predicted molar refractivity (Wildman–Crippen MR) is 181 cm³/mol. The van der Waals surface area contributed by atoms with Crippen LogP contribution in [0.3, 0.4) is 0 Å². The van der Waals surface area contributed by atoms with Gasteiger partial charge in [-0.1, -0.05) is 26.0 Å². The summed E-state index contributed by atoms with van der Waals surface area (Å²) in [5.41, 5.74) is 1.81. The molecule has 2 atom stereocenters. The summed E-state index contributed by atoms with van der Waals surface area (Å²) in [6, 6.07) is 13.0. The molecule has 1 aromatic heterocycles. The van der Waals surface area contributed by atoms with E-state index in [1.54, 1.807) is 18.2 Å². The number of nitrogens with one attached hydrogen (secondary N) is 3. The molecule has 0 aliphatic carbocycles. The third-order valence-electron chi connectivity index (χ3n) is 7.48. The zero-order valence-electron chi connectivity index (χ0n) is 28.1. The summed E-state index contributed by atoms with van der Waals surface area (Å²) in [7, 11) is 4.01. The molecule has 0 saturated carbocycles. The van der Waals surface area contributed by atoms with Gasteiger partial charge in [-0.3, -0.25) is 4.79 Å². The summed E-state index contributed by atoms with van der Waals surface area (Å²) in [4.78, 5) is 28.8. The van der Waals surface area contributed by atoms with Crippen LogP contribution in [0.15, 0.2) is 42.5 Å². The molecule has 2 aliphatic rings. The molecule has 2 aromatic carbocycles. The molecule has 3 aromatic rings. The van der Waals surface area contributed by atoms with Crippen molar-refractivity contribution in [3.8, 4) is 17.5 Å². The van der Waals surface area contributed by atoms with Gasteiger partial charge in [0, 0.05) is 31.4 Å². The second-order valence-corrected chi connectivity index (χ2v) is 12.7. The fraction of sp³-hybridized carbons (Fsp3) is 0.529. The predicted octanol–water partition coefficient (Wildman–Crippen LogP) is 4.00. The first-order valence-electron chi connectivity index (χ1n) is 16.2. The van der Waals surface area contributed by atoms with E-state index < -0.39 is 12.2 Å². The van der Waals surface area contributed by atoms with Crippen molar-refractivity contribution in [2.24, 2.45) is 5.41 Å². The van der Waals surface area contributed by atoms with Crippen molar-refractivity contribution in [2.75, 3.05) is 57.6 Å². The third kappa shape index (κ3) is 11.5. The van der Waals surface area contributed by atoms with E-state index in [-0.39, 0.29) is 29.9 Å². The van der Waals surface area contributed by atoms with Gasteiger partial charge in [-0.05, 0) is 81.9 Å². The number of hydrogen-bond donors (Lipinski definition) is 5. The fourth-order valence-electron chi connectivity index (χ4n) is 5.27. The number of fused-ring (bicyclic) bond motifs is 12. The molecule has 1 amide bonds. The van der Waals surface area contributed by atoms with Gasteiger partial charge in [-0.15, -0.1) is 0 Å². The largest absolute Gasteiger partial charge is 0.494 e. The standard InChI is InChI=1S/C34H49N7O6/c1-6-45-33-39-31-35-20-23-11-14-25(15-12-23)46-17-7-9-27(42)28(43)10-8-18-47-29-19-24(37-32(38-31)40-33)13-16-26(29)30(44)36-21-34(2,3)22-41(4)5/h11-16,19,27-28,42-43H,6-10,17-18,20-22H2,1-5H3,(H,36,44)(H2,35,37,38,39,40). The molecular weight excluding hydrogens is 602 g/mol. The molecule has 5 N–H and O–H groups in total. The Labute approximate surface area is 277 Å². The number of rotatable bonds is 7. The lowest BCUT2D eigenvalue weighted by Crippen LogP contribution is -2.40. The third-order valence-corrected chi connectivity index (χ3v) is 7.48. The van der Waals surface area contributed by atoms with Gasteiger partial charge in [0.1, 0.15) is 11.5 Å². The van der Waals surface area contributed by atoms with Gasteiger partial charge in [-0.2, -0.15) is 15.0 Å². The van der Waals surface area contributed by atoms with Crippen molar-refractivity contribution < 1.29 is 29.2 Å². The van der Waals surface area contributed by atoms with Crippen molar-refractivity contribution in [2.45, 2.75) is 65.2 Å². The van der Waals surface area contributed by atoms with Crippen LogP contribution in [0.25, 0.3) is 0 Å². The van der Waals surface area contributed by atoms with Crippen molar-refractivity contribution in [3.63, 3.8) is 0 Å². The van der Waals surface area contributed by atoms with Crippen molar-refractivity contribution >= 4 is 23.5 Å². The molecule has 0 saturated heterocycles.